The van der Waals surface area contributed by atoms with E-state index in [0.717, 1.165) is 5.56 Å². The van der Waals surface area contributed by atoms with Gasteiger partial charge in [-0.05, 0) is 19.1 Å². The van der Waals surface area contributed by atoms with Gasteiger partial charge in [0.25, 0.3) is 0 Å². The van der Waals surface area contributed by atoms with Crippen LogP contribution in [-0.2, 0) is 4.79 Å². The molecule has 0 spiro atoms. The summed E-state index contributed by atoms with van der Waals surface area (Å²) in [6.45, 7) is 1.88. The molecule has 112 valence electrons. The van der Waals surface area contributed by atoms with Crippen molar-refractivity contribution in [1.29, 1.82) is 0 Å². The minimum Gasteiger partial charge on any atom is -0.419 e. The molecule has 0 radical (unpaired) electrons. The van der Waals surface area contributed by atoms with Crippen LogP contribution in [0.1, 0.15) is 21.6 Å². The number of carbonyl (C=O) groups is 1. The second-order valence-corrected chi connectivity index (χ2v) is 4.99. The number of para-hydroxylation sites is 2. The van der Waals surface area contributed by atoms with Crippen LogP contribution in [0.3, 0.4) is 0 Å². The van der Waals surface area contributed by atoms with Crippen LogP contribution in [0.25, 0.3) is 16.7 Å². The predicted octanol–water partition coefficient (Wildman–Crippen LogP) is 2.59. The van der Waals surface area contributed by atoms with E-state index < -0.39 is 17.0 Å². The third-order valence-electron chi connectivity index (χ3n) is 3.37. The lowest BCUT2D eigenvalue weighted by Crippen LogP contribution is -2.15. The minimum absolute atomic E-state index is 0.281. The molecule has 0 aliphatic heterocycles. The maximum atomic E-state index is 12.5. The summed E-state index contributed by atoms with van der Waals surface area (Å²) < 4.78 is 5.11. The summed E-state index contributed by atoms with van der Waals surface area (Å²) in [6, 6.07) is 13.3. The van der Waals surface area contributed by atoms with Gasteiger partial charge >= 0.3 is 5.63 Å². The van der Waals surface area contributed by atoms with Crippen LogP contribution >= 0.6 is 0 Å². The molecule has 2 aromatic carbocycles. The largest absolute Gasteiger partial charge is 0.419 e. The van der Waals surface area contributed by atoms with Crippen LogP contribution in [0.15, 0.2) is 57.7 Å². The molecule has 0 saturated heterocycles. The number of Topliss-reactive ketones (excluding diaryl/α,β-unsaturated/α-hetero) is 1. The molecule has 5 heteroatoms. The highest BCUT2D eigenvalue weighted by Gasteiger charge is 2.21. The van der Waals surface area contributed by atoms with Gasteiger partial charge in [0.1, 0.15) is 17.0 Å². The van der Waals surface area contributed by atoms with Crippen molar-refractivity contribution >= 4 is 28.4 Å². The summed E-state index contributed by atoms with van der Waals surface area (Å²) in [5.41, 5.74) is 0.311. The van der Waals surface area contributed by atoms with E-state index in [0.29, 0.717) is 5.52 Å². The number of fused-ring (bicyclic) bond motifs is 1. The second-order valence-electron chi connectivity index (χ2n) is 4.99. The van der Waals surface area contributed by atoms with E-state index in [-0.39, 0.29) is 16.8 Å². The van der Waals surface area contributed by atoms with Crippen LogP contribution in [-0.4, -0.2) is 16.7 Å². The molecule has 23 heavy (non-hydrogen) atoms. The number of hydrogen-bond donors (Lipinski definition) is 0. The maximum Gasteiger partial charge on any atom is 0.363 e. The van der Waals surface area contributed by atoms with E-state index in [2.05, 4.69) is 4.98 Å². The van der Waals surface area contributed by atoms with E-state index in [1.54, 1.807) is 48.5 Å². The van der Waals surface area contributed by atoms with Crippen molar-refractivity contribution in [2.45, 2.75) is 6.92 Å². The van der Waals surface area contributed by atoms with Gasteiger partial charge in [0, 0.05) is 5.56 Å². The first kappa shape index (κ1) is 14.6. The Kier molecular flexibility index (Phi) is 3.71. The van der Waals surface area contributed by atoms with Crippen molar-refractivity contribution in [1.82, 2.24) is 4.98 Å². The quantitative estimate of drug-likeness (QED) is 0.422. The van der Waals surface area contributed by atoms with Crippen molar-refractivity contribution < 1.29 is 14.0 Å². The van der Waals surface area contributed by atoms with Gasteiger partial charge in [-0.3, -0.25) is 4.79 Å². The number of aromatic nitrogens is 1. The molecule has 0 N–H and O–H groups in total. The predicted molar refractivity (Wildman–Crippen MR) is 84.9 cm³/mol. The Morgan fingerprint density at radius 1 is 1.09 bits per heavy atom. The molecular formula is C18H11NO4. The van der Waals surface area contributed by atoms with Gasteiger partial charge in [0.15, 0.2) is 11.3 Å². The fraction of sp³-hybridized carbons (Fsp3) is 0.0556. The van der Waals surface area contributed by atoms with Gasteiger partial charge in [-0.1, -0.05) is 42.0 Å². The van der Waals surface area contributed by atoms with E-state index in [4.69, 9.17) is 4.42 Å². The van der Waals surface area contributed by atoms with Gasteiger partial charge in [-0.2, -0.15) is 0 Å². The molecule has 3 rings (SSSR count). The van der Waals surface area contributed by atoms with Gasteiger partial charge in [-0.15, -0.1) is 0 Å². The summed E-state index contributed by atoms with van der Waals surface area (Å²) in [7, 11) is 0. The third kappa shape index (κ3) is 2.73. The third-order valence-corrected chi connectivity index (χ3v) is 3.37. The average Bonchev–Trinajstić information content (AvgIpc) is 2.56. The minimum atomic E-state index is -0.845. The van der Waals surface area contributed by atoms with Gasteiger partial charge in [-0.25, -0.2) is 14.6 Å². The number of carbonyl (C=O) groups excluding carboxylic acids is 2. The Balaban J connectivity index is 2.13. The first-order chi connectivity index (χ1) is 11.1. The Morgan fingerprint density at radius 3 is 2.48 bits per heavy atom. The molecule has 0 aliphatic rings. The van der Waals surface area contributed by atoms with Crippen molar-refractivity contribution in [3.8, 4) is 0 Å². The molecule has 0 saturated carbocycles. The summed E-state index contributed by atoms with van der Waals surface area (Å²) in [4.78, 5) is 39.9. The Hall–Kier alpha value is -3.30. The summed E-state index contributed by atoms with van der Waals surface area (Å²) in [5.74, 6) is 0.916. The molecule has 0 fully saturated rings. The highest BCUT2D eigenvalue weighted by molar-refractivity contribution is 6.34. The molecule has 1 aromatic heterocycles. The van der Waals surface area contributed by atoms with E-state index in [1.165, 1.54) is 5.94 Å². The number of allylic oxidation sites excluding steroid dienone is 1. The van der Waals surface area contributed by atoms with Crippen molar-refractivity contribution in [3.63, 3.8) is 0 Å². The first-order valence-corrected chi connectivity index (χ1v) is 6.87. The molecule has 1 heterocycles. The fourth-order valence-electron chi connectivity index (χ4n) is 2.16. The lowest BCUT2D eigenvalue weighted by molar-refractivity contribution is 0.105. The average molecular weight is 305 g/mol. The van der Waals surface area contributed by atoms with E-state index in [1.807, 2.05) is 6.92 Å². The normalized spacial score (nSPS) is 10.3. The standard InChI is InChI=1S/C18H11NO4/c1-11-6-8-12(9-7-11)17(21)13(10-20)16-18(22)23-15-5-3-2-4-14(15)19-16/h2-9H,1H3. The SMILES string of the molecule is Cc1ccc(C(=O)C(=C=O)c2nc3ccccc3oc2=O)cc1. The molecule has 0 aliphatic carbocycles. The second kappa shape index (κ2) is 5.83. The Bertz CT molecular complexity index is 1010. The smallest absolute Gasteiger partial charge is 0.363 e. The van der Waals surface area contributed by atoms with E-state index >= 15 is 0 Å². The van der Waals surface area contributed by atoms with Crippen LogP contribution in [0.4, 0.5) is 0 Å². The zero-order chi connectivity index (χ0) is 16.4. The van der Waals surface area contributed by atoms with Crippen LogP contribution < -0.4 is 5.63 Å². The summed E-state index contributed by atoms with van der Waals surface area (Å²) >= 11 is 0. The lowest BCUT2D eigenvalue weighted by atomic mass is 10.0. The molecular weight excluding hydrogens is 294 g/mol. The zero-order valence-corrected chi connectivity index (χ0v) is 12.2. The molecule has 0 atom stereocenters. The Morgan fingerprint density at radius 2 is 1.78 bits per heavy atom. The number of ketones is 1. The number of rotatable bonds is 3. The lowest BCUT2D eigenvalue weighted by Gasteiger charge is -2.03. The topological polar surface area (TPSA) is 77.2 Å². The van der Waals surface area contributed by atoms with Gasteiger partial charge < -0.3 is 4.42 Å². The van der Waals surface area contributed by atoms with Crippen LogP contribution in [0, 0.1) is 6.92 Å². The molecule has 0 bridgehead atoms. The Labute approximate surface area is 130 Å². The highest BCUT2D eigenvalue weighted by Crippen LogP contribution is 2.17. The summed E-state index contributed by atoms with van der Waals surface area (Å²) in [5, 5.41) is 0. The fourth-order valence-corrected chi connectivity index (χ4v) is 2.16. The number of aryl methyl sites for hydroxylation is 1. The summed E-state index contributed by atoms with van der Waals surface area (Å²) in [6.07, 6.45) is 0. The van der Waals surface area contributed by atoms with Gasteiger partial charge in [0.05, 0.1) is 0 Å². The number of nitrogens with zero attached hydrogens (tertiary/aromatic N) is 1. The maximum absolute atomic E-state index is 12.5. The molecule has 5 nitrogen and oxygen atoms in total. The van der Waals surface area contributed by atoms with Crippen molar-refractivity contribution in [2.75, 3.05) is 0 Å². The van der Waals surface area contributed by atoms with Crippen molar-refractivity contribution in [2.24, 2.45) is 0 Å². The van der Waals surface area contributed by atoms with Crippen LogP contribution in [0.2, 0.25) is 0 Å². The number of benzene rings is 2. The van der Waals surface area contributed by atoms with Crippen molar-refractivity contribution in [3.05, 3.63) is 75.8 Å². The van der Waals surface area contributed by atoms with E-state index in [9.17, 15) is 14.4 Å². The van der Waals surface area contributed by atoms with Crippen LogP contribution in [0.5, 0.6) is 0 Å². The number of hydrogen-bond acceptors (Lipinski definition) is 5. The monoisotopic (exact) mass is 305 g/mol. The molecule has 0 unspecified atom stereocenters. The molecule has 0 amide bonds. The molecule has 3 aromatic rings. The zero-order valence-electron chi connectivity index (χ0n) is 12.2. The first-order valence-electron chi connectivity index (χ1n) is 6.87. The van der Waals surface area contributed by atoms with Gasteiger partial charge in [0.2, 0.25) is 5.78 Å². The highest BCUT2D eigenvalue weighted by atomic mass is 16.4.